The Morgan fingerprint density at radius 3 is 2.87 bits per heavy atom. The van der Waals surface area contributed by atoms with Crippen molar-refractivity contribution in [2.45, 2.75) is 13.5 Å². The van der Waals surface area contributed by atoms with Crippen molar-refractivity contribution in [1.82, 2.24) is 14.5 Å². The summed E-state index contributed by atoms with van der Waals surface area (Å²) in [5.74, 6) is 1.61. The van der Waals surface area contributed by atoms with Gasteiger partial charge in [-0.3, -0.25) is 0 Å². The minimum Gasteiger partial charge on any atom is -0.383 e. The molecule has 0 fully saturated rings. The highest BCUT2D eigenvalue weighted by Crippen LogP contribution is 2.23. The molecule has 120 valence electrons. The zero-order chi connectivity index (χ0) is 16.2. The van der Waals surface area contributed by atoms with E-state index in [0.29, 0.717) is 6.61 Å². The molecule has 0 unspecified atom stereocenters. The highest BCUT2D eigenvalue weighted by Gasteiger charge is 2.11. The lowest BCUT2D eigenvalue weighted by atomic mass is 10.2. The number of anilines is 3. The smallest absolute Gasteiger partial charge is 0.203 e. The van der Waals surface area contributed by atoms with Crippen LogP contribution in [0.1, 0.15) is 5.56 Å². The maximum atomic E-state index is 5.19. The first-order chi connectivity index (χ1) is 11.2. The number of rotatable bonds is 6. The van der Waals surface area contributed by atoms with Crippen LogP contribution in [-0.4, -0.2) is 35.3 Å². The number of fused-ring (bicyclic) bond motifs is 1. The number of ether oxygens (including phenoxy) is 1. The third-order valence-corrected chi connectivity index (χ3v) is 3.67. The Hall–Kier alpha value is -2.60. The molecule has 1 aromatic carbocycles. The van der Waals surface area contributed by atoms with Crippen LogP contribution in [0.5, 0.6) is 0 Å². The Kier molecular flexibility index (Phi) is 4.43. The highest BCUT2D eigenvalue weighted by molar-refractivity contribution is 5.81. The Morgan fingerprint density at radius 1 is 1.26 bits per heavy atom. The van der Waals surface area contributed by atoms with Gasteiger partial charge in [-0.05, 0) is 24.6 Å². The fourth-order valence-electron chi connectivity index (χ4n) is 2.57. The summed E-state index contributed by atoms with van der Waals surface area (Å²) in [5.41, 5.74) is 4.11. The van der Waals surface area contributed by atoms with Crippen molar-refractivity contribution in [2.24, 2.45) is 0 Å². The van der Waals surface area contributed by atoms with Crippen molar-refractivity contribution in [3.8, 4) is 0 Å². The fraction of sp³-hybridized carbons (Fsp3) is 0.294. The van der Waals surface area contributed by atoms with Gasteiger partial charge in [0.2, 0.25) is 5.95 Å². The van der Waals surface area contributed by atoms with E-state index in [1.165, 1.54) is 5.56 Å². The second-order valence-corrected chi connectivity index (χ2v) is 5.38. The first-order valence-electron chi connectivity index (χ1n) is 7.58. The van der Waals surface area contributed by atoms with E-state index in [0.717, 1.165) is 35.0 Å². The van der Waals surface area contributed by atoms with E-state index in [2.05, 4.69) is 44.2 Å². The predicted molar refractivity (Wildman–Crippen MR) is 93.4 cm³/mol. The second kappa shape index (κ2) is 6.66. The van der Waals surface area contributed by atoms with Crippen molar-refractivity contribution < 1.29 is 4.74 Å². The van der Waals surface area contributed by atoms with Gasteiger partial charge in [0.05, 0.1) is 18.3 Å². The Balaban J connectivity index is 1.96. The van der Waals surface area contributed by atoms with Crippen LogP contribution in [0.25, 0.3) is 11.0 Å². The van der Waals surface area contributed by atoms with Crippen molar-refractivity contribution in [1.29, 1.82) is 0 Å². The molecule has 2 N–H and O–H groups in total. The van der Waals surface area contributed by atoms with Gasteiger partial charge in [-0.15, -0.1) is 0 Å². The molecule has 0 spiro atoms. The van der Waals surface area contributed by atoms with Crippen LogP contribution in [0.15, 0.2) is 36.5 Å². The van der Waals surface area contributed by atoms with Gasteiger partial charge in [0.15, 0.2) is 0 Å². The first-order valence-corrected chi connectivity index (χ1v) is 7.58. The van der Waals surface area contributed by atoms with Crippen LogP contribution < -0.4 is 10.6 Å². The molecule has 6 nitrogen and oxygen atoms in total. The molecule has 0 aliphatic rings. The SMILES string of the molecule is CNc1nc2cnc(Nc3cccc(C)c3)cc2n1CCOC. The van der Waals surface area contributed by atoms with E-state index in [-0.39, 0.29) is 0 Å². The molecule has 0 radical (unpaired) electrons. The molecule has 2 aromatic heterocycles. The first kappa shape index (κ1) is 15.3. The molecular weight excluding hydrogens is 290 g/mol. The Morgan fingerprint density at radius 2 is 2.13 bits per heavy atom. The number of hydrogen-bond donors (Lipinski definition) is 2. The number of methoxy groups -OCH3 is 1. The van der Waals surface area contributed by atoms with Gasteiger partial charge in [0.25, 0.3) is 0 Å². The van der Waals surface area contributed by atoms with E-state index >= 15 is 0 Å². The molecule has 0 aliphatic heterocycles. The van der Waals surface area contributed by atoms with Gasteiger partial charge in [-0.25, -0.2) is 9.97 Å². The number of aryl methyl sites for hydroxylation is 1. The summed E-state index contributed by atoms with van der Waals surface area (Å²) in [6, 6.07) is 10.2. The molecule has 3 aromatic rings. The summed E-state index contributed by atoms with van der Waals surface area (Å²) in [4.78, 5) is 9.01. The van der Waals surface area contributed by atoms with Crippen LogP contribution in [0.4, 0.5) is 17.5 Å². The second-order valence-electron chi connectivity index (χ2n) is 5.38. The fourth-order valence-corrected chi connectivity index (χ4v) is 2.57. The molecule has 0 aliphatic carbocycles. The number of nitrogens with one attached hydrogen (secondary N) is 2. The number of imidazole rings is 1. The van der Waals surface area contributed by atoms with Crippen molar-refractivity contribution in [3.63, 3.8) is 0 Å². The number of pyridine rings is 1. The standard InChI is InChI=1S/C17H21N5O/c1-12-5-4-6-13(9-12)20-16-10-15-14(11-19-16)21-17(18-2)22(15)7-8-23-3/h4-6,9-11H,7-8H2,1-3H3,(H,18,21)(H,19,20). The van der Waals surface area contributed by atoms with E-state index in [4.69, 9.17) is 4.74 Å². The van der Waals surface area contributed by atoms with Gasteiger partial charge in [0, 0.05) is 32.5 Å². The predicted octanol–water partition coefficient (Wildman–Crippen LogP) is 3.17. The molecule has 0 saturated carbocycles. The molecule has 0 saturated heterocycles. The number of benzene rings is 1. The van der Waals surface area contributed by atoms with Crippen LogP contribution in [0.2, 0.25) is 0 Å². The minimum atomic E-state index is 0.628. The molecular formula is C17H21N5O. The quantitative estimate of drug-likeness (QED) is 0.732. The van der Waals surface area contributed by atoms with Crippen molar-refractivity contribution in [2.75, 3.05) is 31.4 Å². The van der Waals surface area contributed by atoms with E-state index in [9.17, 15) is 0 Å². The summed E-state index contributed by atoms with van der Waals surface area (Å²) in [5, 5.41) is 6.46. The van der Waals surface area contributed by atoms with Crippen LogP contribution in [0, 0.1) is 6.92 Å². The largest absolute Gasteiger partial charge is 0.383 e. The highest BCUT2D eigenvalue weighted by atomic mass is 16.5. The monoisotopic (exact) mass is 311 g/mol. The van der Waals surface area contributed by atoms with E-state index < -0.39 is 0 Å². The lowest BCUT2D eigenvalue weighted by Crippen LogP contribution is -2.08. The Labute approximate surface area is 135 Å². The van der Waals surface area contributed by atoms with Crippen LogP contribution >= 0.6 is 0 Å². The average molecular weight is 311 g/mol. The lowest BCUT2D eigenvalue weighted by Gasteiger charge is -2.09. The third-order valence-electron chi connectivity index (χ3n) is 3.67. The molecule has 2 heterocycles. The molecule has 6 heteroatoms. The molecule has 3 rings (SSSR count). The maximum Gasteiger partial charge on any atom is 0.203 e. The Bertz CT molecular complexity index is 812. The van der Waals surface area contributed by atoms with Gasteiger partial charge in [-0.2, -0.15) is 0 Å². The minimum absolute atomic E-state index is 0.628. The molecule has 0 amide bonds. The third kappa shape index (κ3) is 3.27. The number of aromatic nitrogens is 3. The zero-order valence-electron chi connectivity index (χ0n) is 13.6. The summed E-state index contributed by atoms with van der Waals surface area (Å²) in [6.07, 6.45) is 1.79. The average Bonchev–Trinajstić information content (AvgIpc) is 2.90. The van der Waals surface area contributed by atoms with Crippen molar-refractivity contribution >= 4 is 28.5 Å². The van der Waals surface area contributed by atoms with Gasteiger partial charge < -0.3 is 19.9 Å². The van der Waals surface area contributed by atoms with Gasteiger partial charge >= 0.3 is 0 Å². The summed E-state index contributed by atoms with van der Waals surface area (Å²) in [6.45, 7) is 3.43. The molecule has 0 atom stereocenters. The summed E-state index contributed by atoms with van der Waals surface area (Å²) in [7, 11) is 3.56. The zero-order valence-corrected chi connectivity index (χ0v) is 13.6. The summed E-state index contributed by atoms with van der Waals surface area (Å²) < 4.78 is 7.29. The normalized spacial score (nSPS) is 10.9. The number of nitrogens with zero attached hydrogens (tertiary/aromatic N) is 3. The number of hydrogen-bond acceptors (Lipinski definition) is 5. The van der Waals surface area contributed by atoms with Crippen LogP contribution in [-0.2, 0) is 11.3 Å². The van der Waals surface area contributed by atoms with Gasteiger partial charge in [-0.1, -0.05) is 12.1 Å². The van der Waals surface area contributed by atoms with E-state index in [1.807, 2.05) is 25.2 Å². The van der Waals surface area contributed by atoms with E-state index in [1.54, 1.807) is 13.3 Å². The van der Waals surface area contributed by atoms with Crippen molar-refractivity contribution in [3.05, 3.63) is 42.1 Å². The topological polar surface area (TPSA) is 64.0 Å². The molecule has 23 heavy (non-hydrogen) atoms. The molecule has 0 bridgehead atoms. The summed E-state index contributed by atoms with van der Waals surface area (Å²) >= 11 is 0. The lowest BCUT2D eigenvalue weighted by molar-refractivity contribution is 0.189. The van der Waals surface area contributed by atoms with Gasteiger partial charge in [0.1, 0.15) is 11.3 Å². The van der Waals surface area contributed by atoms with Crippen LogP contribution in [0.3, 0.4) is 0 Å². The maximum absolute atomic E-state index is 5.19.